The van der Waals surface area contributed by atoms with Gasteiger partial charge in [-0.25, -0.2) is 4.79 Å². The number of hydrogen-bond donors (Lipinski definition) is 0. The third-order valence-corrected chi connectivity index (χ3v) is 4.29. The second-order valence-corrected chi connectivity index (χ2v) is 8.30. The van der Waals surface area contributed by atoms with Gasteiger partial charge in [-0.15, -0.1) is 0 Å². The van der Waals surface area contributed by atoms with Crippen LogP contribution in [-0.2, 0) is 19.0 Å². The van der Waals surface area contributed by atoms with E-state index in [4.69, 9.17) is 8.92 Å². The van der Waals surface area contributed by atoms with Crippen LogP contribution in [0.15, 0.2) is 0 Å². The molecule has 2 rings (SSSR count). The van der Waals surface area contributed by atoms with Crippen molar-refractivity contribution < 1.29 is 22.1 Å². The highest BCUT2D eigenvalue weighted by molar-refractivity contribution is 7.86. The van der Waals surface area contributed by atoms with Gasteiger partial charge in [0, 0.05) is 12.6 Å². The zero-order valence-electron chi connectivity index (χ0n) is 12.5. The van der Waals surface area contributed by atoms with E-state index in [9.17, 15) is 13.2 Å². The highest BCUT2D eigenvalue weighted by atomic mass is 32.2. The van der Waals surface area contributed by atoms with Crippen LogP contribution in [0, 0.1) is 5.92 Å². The van der Waals surface area contributed by atoms with E-state index in [0.29, 0.717) is 25.3 Å². The summed E-state index contributed by atoms with van der Waals surface area (Å²) in [6.07, 6.45) is 2.68. The highest BCUT2D eigenvalue weighted by Gasteiger charge is 2.47. The van der Waals surface area contributed by atoms with Crippen molar-refractivity contribution in [1.82, 2.24) is 4.90 Å². The van der Waals surface area contributed by atoms with Crippen molar-refractivity contribution in [3.8, 4) is 0 Å². The van der Waals surface area contributed by atoms with Gasteiger partial charge in [0.15, 0.2) is 0 Å². The molecule has 3 atom stereocenters. The third kappa shape index (κ3) is 3.85. The van der Waals surface area contributed by atoms with Gasteiger partial charge in [-0.2, -0.15) is 8.42 Å². The predicted octanol–water partition coefficient (Wildman–Crippen LogP) is 1.75. The minimum Gasteiger partial charge on any atom is -0.444 e. The van der Waals surface area contributed by atoms with Gasteiger partial charge in [0.05, 0.1) is 12.4 Å². The summed E-state index contributed by atoms with van der Waals surface area (Å²) in [6.45, 7) is 6.17. The first-order chi connectivity index (χ1) is 9.05. The summed E-state index contributed by atoms with van der Waals surface area (Å²) < 4.78 is 32.7. The van der Waals surface area contributed by atoms with Gasteiger partial charge in [0.25, 0.3) is 10.1 Å². The third-order valence-electron chi connectivity index (χ3n) is 3.66. The minimum absolute atomic E-state index is 0.171. The maximum atomic E-state index is 12.0. The SMILES string of the molecule is CC(C)(C)OC(=O)N1CC2CC(OS(C)(=O)=O)CCC21. The number of nitrogens with zero attached hydrogens (tertiary/aromatic N) is 1. The van der Waals surface area contributed by atoms with Crippen molar-refractivity contribution >= 4 is 16.2 Å². The molecule has 0 N–H and O–H groups in total. The Morgan fingerprint density at radius 1 is 1.25 bits per heavy atom. The number of fused-ring (bicyclic) bond motifs is 1. The standard InChI is InChI=1S/C13H23NO5S/c1-13(2,3)18-12(15)14-8-9-7-10(5-6-11(9)14)19-20(4,16)17/h9-11H,5-8H2,1-4H3. The van der Waals surface area contributed by atoms with E-state index in [-0.39, 0.29) is 18.2 Å². The van der Waals surface area contributed by atoms with Gasteiger partial charge in [-0.3, -0.25) is 4.18 Å². The van der Waals surface area contributed by atoms with Gasteiger partial charge in [0.2, 0.25) is 0 Å². The fourth-order valence-electron chi connectivity index (χ4n) is 2.93. The molecule has 2 aliphatic rings. The second kappa shape index (κ2) is 5.18. The minimum atomic E-state index is -3.40. The molecule has 0 aromatic rings. The van der Waals surface area contributed by atoms with Crippen LogP contribution in [0.1, 0.15) is 40.0 Å². The van der Waals surface area contributed by atoms with E-state index in [1.54, 1.807) is 4.90 Å². The van der Waals surface area contributed by atoms with Gasteiger partial charge >= 0.3 is 6.09 Å². The monoisotopic (exact) mass is 305 g/mol. The molecular weight excluding hydrogens is 282 g/mol. The van der Waals surface area contributed by atoms with Crippen molar-refractivity contribution in [2.24, 2.45) is 5.92 Å². The molecule has 20 heavy (non-hydrogen) atoms. The zero-order valence-corrected chi connectivity index (χ0v) is 13.3. The molecule has 0 aromatic carbocycles. The van der Waals surface area contributed by atoms with Crippen molar-refractivity contribution in [3.63, 3.8) is 0 Å². The first-order valence-corrected chi connectivity index (χ1v) is 8.75. The largest absolute Gasteiger partial charge is 0.444 e. The highest BCUT2D eigenvalue weighted by Crippen LogP contribution is 2.39. The van der Waals surface area contributed by atoms with Crippen LogP contribution in [0.25, 0.3) is 0 Å². The van der Waals surface area contributed by atoms with Crippen molar-refractivity contribution in [2.75, 3.05) is 12.8 Å². The Morgan fingerprint density at radius 2 is 1.90 bits per heavy atom. The summed E-state index contributed by atoms with van der Waals surface area (Å²) in [5.74, 6) is 0.322. The molecule has 0 bridgehead atoms. The van der Waals surface area contributed by atoms with E-state index < -0.39 is 15.7 Å². The molecule has 1 saturated heterocycles. The Balaban J connectivity index is 1.86. The maximum Gasteiger partial charge on any atom is 0.410 e. The van der Waals surface area contributed by atoms with Crippen LogP contribution in [-0.4, -0.2) is 50.0 Å². The number of carbonyl (C=O) groups is 1. The molecule has 3 unspecified atom stereocenters. The van der Waals surface area contributed by atoms with Crippen LogP contribution < -0.4 is 0 Å². The molecule has 6 nitrogen and oxygen atoms in total. The number of ether oxygens (including phenoxy) is 1. The number of amides is 1. The molecule has 1 saturated carbocycles. The molecule has 1 heterocycles. The summed E-state index contributed by atoms with van der Waals surface area (Å²) in [5, 5.41) is 0. The quantitative estimate of drug-likeness (QED) is 0.727. The smallest absolute Gasteiger partial charge is 0.410 e. The Kier molecular flexibility index (Phi) is 4.03. The van der Waals surface area contributed by atoms with E-state index in [0.717, 1.165) is 12.7 Å². The summed E-state index contributed by atoms with van der Waals surface area (Å²) in [7, 11) is -3.40. The molecule has 0 spiro atoms. The van der Waals surface area contributed by atoms with E-state index in [1.807, 2.05) is 20.8 Å². The number of hydrogen-bond acceptors (Lipinski definition) is 5. The van der Waals surface area contributed by atoms with Crippen molar-refractivity contribution in [1.29, 1.82) is 0 Å². The van der Waals surface area contributed by atoms with E-state index in [1.165, 1.54) is 0 Å². The lowest BCUT2D eigenvalue weighted by Crippen LogP contribution is -2.62. The Bertz CT molecular complexity index is 481. The van der Waals surface area contributed by atoms with Crippen LogP contribution in [0.3, 0.4) is 0 Å². The molecule has 0 radical (unpaired) electrons. The van der Waals surface area contributed by atoms with E-state index >= 15 is 0 Å². The summed E-state index contributed by atoms with van der Waals surface area (Å²) >= 11 is 0. The van der Waals surface area contributed by atoms with Gasteiger partial charge < -0.3 is 9.64 Å². The summed E-state index contributed by atoms with van der Waals surface area (Å²) in [6, 6.07) is 0.171. The number of carbonyl (C=O) groups excluding carboxylic acids is 1. The molecule has 1 aliphatic heterocycles. The predicted molar refractivity (Wildman–Crippen MR) is 73.8 cm³/mol. The number of likely N-dealkylation sites (tertiary alicyclic amines) is 1. The normalized spacial score (nSPS) is 30.4. The van der Waals surface area contributed by atoms with E-state index in [2.05, 4.69) is 0 Å². The summed E-state index contributed by atoms with van der Waals surface area (Å²) in [4.78, 5) is 13.7. The fourth-order valence-corrected chi connectivity index (χ4v) is 3.60. The topological polar surface area (TPSA) is 72.9 Å². The maximum absolute atomic E-state index is 12.0. The molecule has 1 amide bonds. The average Bonchev–Trinajstić information content (AvgIpc) is 2.16. The van der Waals surface area contributed by atoms with Crippen LogP contribution in [0.4, 0.5) is 4.79 Å². The lowest BCUT2D eigenvalue weighted by molar-refractivity contribution is -0.0603. The Morgan fingerprint density at radius 3 is 2.40 bits per heavy atom. The number of rotatable bonds is 2. The van der Waals surface area contributed by atoms with Crippen molar-refractivity contribution in [2.45, 2.75) is 57.8 Å². The molecule has 0 aromatic heterocycles. The fraction of sp³-hybridized carbons (Fsp3) is 0.923. The molecule has 7 heteroatoms. The molecule has 1 aliphatic carbocycles. The molecule has 2 fully saturated rings. The molecular formula is C13H23NO5S. The van der Waals surface area contributed by atoms with Gasteiger partial charge in [0.1, 0.15) is 5.60 Å². The summed E-state index contributed by atoms with van der Waals surface area (Å²) in [5.41, 5.74) is -0.487. The lowest BCUT2D eigenvalue weighted by atomic mass is 9.76. The van der Waals surface area contributed by atoms with Crippen LogP contribution >= 0.6 is 0 Å². The van der Waals surface area contributed by atoms with Crippen molar-refractivity contribution in [3.05, 3.63) is 0 Å². The zero-order chi connectivity index (χ0) is 15.1. The lowest BCUT2D eigenvalue weighted by Gasteiger charge is -2.51. The first kappa shape index (κ1) is 15.6. The second-order valence-electron chi connectivity index (χ2n) is 6.70. The van der Waals surface area contributed by atoms with Gasteiger partial charge in [-0.1, -0.05) is 0 Å². The van der Waals surface area contributed by atoms with Crippen LogP contribution in [0.5, 0.6) is 0 Å². The Labute approximate surface area is 120 Å². The van der Waals surface area contributed by atoms with Crippen LogP contribution in [0.2, 0.25) is 0 Å². The Hall–Kier alpha value is -0.820. The average molecular weight is 305 g/mol. The first-order valence-electron chi connectivity index (χ1n) is 6.93. The molecule has 116 valence electrons. The van der Waals surface area contributed by atoms with Gasteiger partial charge in [-0.05, 0) is 46.0 Å².